The number of aliphatic hydroxyl groups is 6. The summed E-state index contributed by atoms with van der Waals surface area (Å²) < 4.78 is 165. The molecule has 300 valence electrons. The first kappa shape index (κ1) is 43.9. The number of carbonyl (C=O) groups is 1. The Labute approximate surface area is 286 Å². The second-order valence-electron chi connectivity index (χ2n) is 10.7. The maximum absolute atomic E-state index is 12.3. The molecule has 51 heavy (non-hydrogen) atoms. The molecule has 0 bridgehead atoms. The minimum Gasteiger partial charge on any atom is -0.479 e. The molecule has 3 fully saturated rings. The third-order valence-electron chi connectivity index (χ3n) is 7.10. The summed E-state index contributed by atoms with van der Waals surface area (Å²) >= 11 is 0. The molecule has 3 aliphatic rings. The predicted octanol–water partition coefficient (Wildman–Crippen LogP) is -9.03. The van der Waals surface area contributed by atoms with Crippen LogP contribution in [-0.4, -0.2) is 199 Å². The second kappa shape index (κ2) is 16.5. The molecule has 0 unspecified atom stereocenters. The highest BCUT2D eigenvalue weighted by molar-refractivity contribution is 7.84. The van der Waals surface area contributed by atoms with Crippen molar-refractivity contribution in [3.63, 3.8) is 0 Å². The molecule has 0 aromatic carbocycles. The van der Waals surface area contributed by atoms with Crippen molar-refractivity contribution >= 4 is 47.4 Å². The Hall–Kier alpha value is -1.49. The maximum Gasteiger partial charge on any atom is 0.397 e. The van der Waals surface area contributed by atoms with Gasteiger partial charge in [-0.15, -0.1) is 0 Å². The average Bonchev–Trinajstić information content (AvgIpc) is 2.95. The van der Waals surface area contributed by atoms with Gasteiger partial charge in [-0.3, -0.25) is 18.2 Å². The van der Waals surface area contributed by atoms with Crippen LogP contribution in [0.2, 0.25) is 0 Å². The highest BCUT2D eigenvalue weighted by atomic mass is 32.3. The molecule has 3 rings (SSSR count). The van der Waals surface area contributed by atoms with E-state index in [1.165, 1.54) is 9.44 Å². The van der Waals surface area contributed by atoms with Crippen LogP contribution < -0.4 is 9.44 Å². The van der Waals surface area contributed by atoms with E-state index in [-0.39, 0.29) is 0 Å². The van der Waals surface area contributed by atoms with Crippen LogP contribution in [0.5, 0.6) is 0 Å². The lowest BCUT2D eigenvalue weighted by molar-refractivity contribution is -0.357. The SMILES string of the molecule is O=C(O)[C@H]1O[C@@H](O[C@H]2[C@H](O)[C@@H](NS(=O)(=O)O)[C@@H](O)O[C@@H]2COS(=O)(=O)O)[C@H](OS(=O)(=O)O)[C@@H](O)[C@@H]1O[C@H]1O[C@H](CO)[C@@H](O)[C@H](O)[C@H]1NS(=O)(=O)O. The lowest BCUT2D eigenvalue weighted by Gasteiger charge is -2.48. The quantitative estimate of drug-likeness (QED) is 0.0681. The molecular formula is C18H32N2O27S4. The third kappa shape index (κ3) is 12.0. The molecule has 3 aliphatic heterocycles. The zero-order valence-electron chi connectivity index (χ0n) is 24.7. The highest BCUT2D eigenvalue weighted by Gasteiger charge is 2.57. The van der Waals surface area contributed by atoms with Crippen molar-refractivity contribution < 1.29 is 124 Å². The molecule has 13 N–H and O–H groups in total. The minimum atomic E-state index is -5.77. The number of rotatable bonds is 15. The van der Waals surface area contributed by atoms with Gasteiger partial charge in [0.05, 0.1) is 13.2 Å². The fourth-order valence-electron chi connectivity index (χ4n) is 5.02. The van der Waals surface area contributed by atoms with Crippen molar-refractivity contribution in [3.05, 3.63) is 0 Å². The molecule has 15 atom stereocenters. The van der Waals surface area contributed by atoms with Gasteiger partial charge in [0.15, 0.2) is 31.1 Å². The zero-order chi connectivity index (χ0) is 39.0. The van der Waals surface area contributed by atoms with E-state index in [4.69, 9.17) is 32.8 Å². The summed E-state index contributed by atoms with van der Waals surface area (Å²) in [4.78, 5) is 12.3. The fourth-order valence-corrected chi connectivity index (χ4v) is 7.01. The first-order valence-corrected chi connectivity index (χ1v) is 19.0. The molecule has 29 nitrogen and oxygen atoms in total. The number of hydrogen-bond acceptors (Lipinski definition) is 22. The Morgan fingerprint density at radius 2 is 1.18 bits per heavy atom. The smallest absolute Gasteiger partial charge is 0.397 e. The second-order valence-corrected chi connectivity index (χ2v) is 15.2. The Bertz CT molecular complexity index is 1660. The topological polar surface area (TPSA) is 465 Å². The van der Waals surface area contributed by atoms with Crippen molar-refractivity contribution in [2.24, 2.45) is 0 Å². The zero-order valence-corrected chi connectivity index (χ0v) is 27.9. The first-order chi connectivity index (χ1) is 23.1. The van der Waals surface area contributed by atoms with Gasteiger partial charge >= 0.3 is 47.4 Å². The van der Waals surface area contributed by atoms with Crippen LogP contribution in [0.1, 0.15) is 0 Å². The van der Waals surface area contributed by atoms with Crippen LogP contribution in [0.3, 0.4) is 0 Å². The lowest BCUT2D eigenvalue weighted by atomic mass is 9.95. The normalized spacial score (nSPS) is 40.2. The van der Waals surface area contributed by atoms with Crippen LogP contribution in [0.4, 0.5) is 0 Å². The standard InChI is InChI=1S/C18H32N2O27S4/c21-1-3-7(22)8(23)6(20-49(32,33)34)17(43-3)45-12-10(25)13(47-51(38,39)40)18(46-14(12)15(26)27)44-11-4(2-41-50(35,36)37)42-16(28)5(9(11)24)19-48(29,30)31/h3-14,16-25,28H,1-2H2,(H,26,27)(H,29,30,31)(H,32,33,34)(H,35,36,37)(H,38,39,40)/t3-,4-,5-,6-,7-,8-,9-,10+,11-,12+,13-,14+,16+,17-,18-/m1/s1. The van der Waals surface area contributed by atoms with Gasteiger partial charge in [-0.05, 0) is 0 Å². The van der Waals surface area contributed by atoms with E-state index in [0.717, 1.165) is 0 Å². The average molecular weight is 837 g/mol. The van der Waals surface area contributed by atoms with Gasteiger partial charge in [-0.1, -0.05) is 0 Å². The van der Waals surface area contributed by atoms with Gasteiger partial charge in [0.1, 0.15) is 60.9 Å². The summed E-state index contributed by atoms with van der Waals surface area (Å²) in [5.41, 5.74) is 0. The van der Waals surface area contributed by atoms with Crippen LogP contribution in [-0.2, 0) is 78.3 Å². The van der Waals surface area contributed by atoms with Crippen LogP contribution in [0.25, 0.3) is 0 Å². The summed E-state index contributed by atoms with van der Waals surface area (Å²) in [5, 5.41) is 72.1. The first-order valence-electron chi connectivity index (χ1n) is 13.4. The summed E-state index contributed by atoms with van der Waals surface area (Å²) in [6.45, 7) is -2.55. The largest absolute Gasteiger partial charge is 0.479 e. The van der Waals surface area contributed by atoms with Crippen molar-refractivity contribution in [1.82, 2.24) is 9.44 Å². The van der Waals surface area contributed by atoms with Gasteiger partial charge in [0.2, 0.25) is 0 Å². The molecule has 0 aromatic heterocycles. The Kier molecular flexibility index (Phi) is 14.2. The van der Waals surface area contributed by atoms with E-state index in [2.05, 4.69) is 8.37 Å². The summed E-state index contributed by atoms with van der Waals surface area (Å²) in [6.07, 6.45) is -31.9. The van der Waals surface area contributed by atoms with Crippen molar-refractivity contribution in [2.75, 3.05) is 13.2 Å². The predicted molar refractivity (Wildman–Crippen MR) is 148 cm³/mol. The lowest BCUT2D eigenvalue weighted by Crippen LogP contribution is -2.69. The fraction of sp³-hybridized carbons (Fsp3) is 0.944. The molecule has 3 heterocycles. The number of carboxylic acid groups (broad SMARTS) is 1. The Morgan fingerprint density at radius 1 is 0.627 bits per heavy atom. The number of ether oxygens (including phenoxy) is 5. The number of nitrogens with one attached hydrogen (secondary N) is 2. The molecule has 0 spiro atoms. The number of carboxylic acids is 1. The van der Waals surface area contributed by atoms with Crippen LogP contribution in [0, 0.1) is 0 Å². The van der Waals surface area contributed by atoms with Gasteiger partial charge in [0, 0.05) is 0 Å². The van der Waals surface area contributed by atoms with Crippen LogP contribution >= 0.6 is 0 Å². The summed E-state index contributed by atoms with van der Waals surface area (Å²) in [7, 11) is -21.7. The van der Waals surface area contributed by atoms with Gasteiger partial charge < -0.3 is 59.4 Å². The van der Waals surface area contributed by atoms with E-state index >= 15 is 0 Å². The van der Waals surface area contributed by atoms with Gasteiger partial charge in [-0.25, -0.2) is 13.2 Å². The molecule has 0 radical (unpaired) electrons. The Balaban J connectivity index is 2.05. The molecular weight excluding hydrogens is 804 g/mol. The number of aliphatic hydroxyl groups excluding tert-OH is 6. The summed E-state index contributed by atoms with van der Waals surface area (Å²) in [6, 6.07) is -4.63. The van der Waals surface area contributed by atoms with E-state index in [0.29, 0.717) is 0 Å². The third-order valence-corrected chi connectivity index (χ3v) is 9.14. The van der Waals surface area contributed by atoms with Crippen molar-refractivity contribution in [1.29, 1.82) is 0 Å². The monoisotopic (exact) mass is 836 g/mol. The highest BCUT2D eigenvalue weighted by Crippen LogP contribution is 2.34. The van der Waals surface area contributed by atoms with E-state index in [1.54, 1.807) is 0 Å². The summed E-state index contributed by atoms with van der Waals surface area (Å²) in [5.74, 6) is -2.15. The molecule has 0 aliphatic carbocycles. The molecule has 0 saturated carbocycles. The Morgan fingerprint density at radius 3 is 1.67 bits per heavy atom. The van der Waals surface area contributed by atoms with Crippen LogP contribution in [0.15, 0.2) is 0 Å². The number of hydrogen-bond donors (Lipinski definition) is 13. The molecule has 0 aromatic rings. The number of aliphatic carboxylic acids is 1. The molecule has 0 amide bonds. The molecule has 33 heteroatoms. The van der Waals surface area contributed by atoms with Crippen molar-refractivity contribution in [2.45, 2.75) is 92.0 Å². The maximum atomic E-state index is 12.3. The van der Waals surface area contributed by atoms with E-state index < -0.39 is 153 Å². The van der Waals surface area contributed by atoms with Gasteiger partial charge in [-0.2, -0.15) is 43.1 Å². The van der Waals surface area contributed by atoms with Gasteiger partial charge in [0.25, 0.3) is 0 Å². The minimum absolute atomic E-state index is 1.12. The molecule has 3 saturated heterocycles. The van der Waals surface area contributed by atoms with E-state index in [1.807, 2.05) is 0 Å². The van der Waals surface area contributed by atoms with Crippen molar-refractivity contribution in [3.8, 4) is 0 Å². The van der Waals surface area contributed by atoms with E-state index in [9.17, 15) is 83.3 Å².